The maximum Gasteiger partial charge on any atom is 0.0177 e. The standard InChI is InChI=1S/C28H28P2/c1-23(2)28(29(24-15-7-3-8-16-24)25-17-9-4-10-18-25)30(26-19-11-5-12-20-26)27-21-13-6-14-22-27/h3-23,28H,1-2H3. The van der Waals surface area contributed by atoms with Crippen LogP contribution in [0.15, 0.2) is 121 Å². The zero-order valence-corrected chi connectivity index (χ0v) is 19.4. The molecule has 0 atom stereocenters. The number of hydrogen-bond donors (Lipinski definition) is 0. The molecule has 0 heterocycles. The van der Waals surface area contributed by atoms with E-state index in [1.54, 1.807) is 0 Å². The van der Waals surface area contributed by atoms with Crippen molar-refractivity contribution in [2.45, 2.75) is 19.2 Å². The molecule has 30 heavy (non-hydrogen) atoms. The first kappa shape index (κ1) is 21.0. The second kappa shape index (κ2) is 10.2. The highest BCUT2D eigenvalue weighted by atomic mass is 31.2. The molecule has 0 aliphatic carbocycles. The smallest absolute Gasteiger partial charge is 0.0177 e. The Hall–Kier alpha value is -2.26. The van der Waals surface area contributed by atoms with Crippen molar-refractivity contribution in [3.63, 3.8) is 0 Å². The third kappa shape index (κ3) is 4.73. The van der Waals surface area contributed by atoms with E-state index < -0.39 is 15.8 Å². The van der Waals surface area contributed by atoms with Crippen LogP contribution in [-0.2, 0) is 0 Å². The molecule has 0 saturated heterocycles. The average molecular weight is 426 g/mol. The quantitative estimate of drug-likeness (QED) is 0.307. The molecule has 0 fully saturated rings. The van der Waals surface area contributed by atoms with Crippen molar-refractivity contribution in [3.8, 4) is 0 Å². The molecule has 0 unspecified atom stereocenters. The second-order valence-electron chi connectivity index (χ2n) is 7.74. The molecule has 0 bridgehead atoms. The summed E-state index contributed by atoms with van der Waals surface area (Å²) in [6.07, 6.45) is 0. The number of hydrogen-bond acceptors (Lipinski definition) is 0. The Balaban J connectivity index is 1.92. The molecule has 0 saturated carbocycles. The van der Waals surface area contributed by atoms with E-state index in [0.29, 0.717) is 11.3 Å². The van der Waals surface area contributed by atoms with Crippen LogP contribution in [0.3, 0.4) is 0 Å². The molecule has 0 radical (unpaired) electrons. The minimum atomic E-state index is -0.512. The van der Waals surface area contributed by atoms with E-state index >= 15 is 0 Å². The monoisotopic (exact) mass is 426 g/mol. The number of benzene rings is 4. The fourth-order valence-electron chi connectivity index (χ4n) is 3.98. The SMILES string of the molecule is CC(C)C(P(c1ccccc1)c1ccccc1)P(c1ccccc1)c1ccccc1. The lowest BCUT2D eigenvalue weighted by atomic mass is 10.3. The molecule has 4 aromatic carbocycles. The van der Waals surface area contributed by atoms with Crippen LogP contribution in [0.2, 0.25) is 0 Å². The first-order valence-electron chi connectivity index (χ1n) is 10.5. The zero-order valence-electron chi connectivity index (χ0n) is 17.6. The van der Waals surface area contributed by atoms with Crippen molar-refractivity contribution < 1.29 is 0 Å². The fraction of sp³-hybridized carbons (Fsp3) is 0.143. The summed E-state index contributed by atoms with van der Waals surface area (Å²) in [5.74, 6) is 0.558. The molecule has 2 heteroatoms. The third-order valence-electron chi connectivity index (χ3n) is 5.26. The van der Waals surface area contributed by atoms with Gasteiger partial charge in [0.1, 0.15) is 0 Å². The van der Waals surface area contributed by atoms with Crippen molar-refractivity contribution >= 4 is 37.1 Å². The van der Waals surface area contributed by atoms with Gasteiger partial charge >= 0.3 is 0 Å². The highest BCUT2D eigenvalue weighted by Gasteiger charge is 2.35. The lowest BCUT2D eigenvalue weighted by Crippen LogP contribution is -2.30. The maximum absolute atomic E-state index is 2.41. The van der Waals surface area contributed by atoms with Gasteiger partial charge in [0, 0.05) is 5.40 Å². The predicted octanol–water partition coefficient (Wildman–Crippen LogP) is 6.23. The Morgan fingerprint density at radius 3 is 0.833 bits per heavy atom. The summed E-state index contributed by atoms with van der Waals surface area (Å²) >= 11 is 0. The van der Waals surface area contributed by atoms with E-state index in [-0.39, 0.29) is 0 Å². The van der Waals surface area contributed by atoms with Crippen LogP contribution in [0.4, 0.5) is 0 Å². The van der Waals surface area contributed by atoms with Gasteiger partial charge in [-0.25, -0.2) is 0 Å². The molecule has 0 nitrogen and oxygen atoms in total. The van der Waals surface area contributed by atoms with Crippen LogP contribution in [0.5, 0.6) is 0 Å². The fourth-order valence-corrected chi connectivity index (χ4v) is 11.5. The zero-order chi connectivity index (χ0) is 20.8. The van der Waals surface area contributed by atoms with Gasteiger partial charge in [0.05, 0.1) is 0 Å². The van der Waals surface area contributed by atoms with Gasteiger partial charge in [-0.05, 0) is 43.0 Å². The van der Waals surface area contributed by atoms with Crippen molar-refractivity contribution in [1.82, 2.24) is 0 Å². The van der Waals surface area contributed by atoms with Crippen LogP contribution >= 0.6 is 15.8 Å². The summed E-state index contributed by atoms with van der Waals surface area (Å²) in [5, 5.41) is 6.42. The first-order valence-corrected chi connectivity index (χ1v) is 13.4. The predicted molar refractivity (Wildman–Crippen MR) is 137 cm³/mol. The normalized spacial score (nSPS) is 11.5. The Morgan fingerprint density at radius 2 is 0.633 bits per heavy atom. The van der Waals surface area contributed by atoms with Crippen molar-refractivity contribution in [1.29, 1.82) is 0 Å². The van der Waals surface area contributed by atoms with E-state index in [4.69, 9.17) is 0 Å². The summed E-state index contributed by atoms with van der Waals surface area (Å²) in [6, 6.07) is 44.7. The molecular weight excluding hydrogens is 398 g/mol. The van der Waals surface area contributed by atoms with Gasteiger partial charge in [0.2, 0.25) is 0 Å². The molecule has 0 N–H and O–H groups in total. The second-order valence-corrected chi connectivity index (χ2v) is 12.8. The molecule has 4 aromatic rings. The van der Waals surface area contributed by atoms with Gasteiger partial charge in [-0.15, -0.1) is 0 Å². The molecule has 150 valence electrons. The minimum absolute atomic E-state index is 0.512. The Morgan fingerprint density at radius 1 is 0.400 bits per heavy atom. The van der Waals surface area contributed by atoms with Gasteiger partial charge in [0.25, 0.3) is 0 Å². The van der Waals surface area contributed by atoms with Gasteiger partial charge in [-0.1, -0.05) is 135 Å². The van der Waals surface area contributed by atoms with E-state index in [1.165, 1.54) is 21.2 Å². The summed E-state index contributed by atoms with van der Waals surface area (Å²) in [7, 11) is -1.02. The molecule has 0 aliphatic rings. The molecule has 0 amide bonds. The number of rotatable bonds is 7. The largest absolute Gasteiger partial charge is 0.0622 e. The summed E-state index contributed by atoms with van der Waals surface area (Å²) in [4.78, 5) is 0. The Bertz CT molecular complexity index is 853. The lowest BCUT2D eigenvalue weighted by Gasteiger charge is -2.38. The van der Waals surface area contributed by atoms with Gasteiger partial charge in [-0.2, -0.15) is 0 Å². The van der Waals surface area contributed by atoms with Crippen molar-refractivity contribution in [2.75, 3.05) is 0 Å². The van der Waals surface area contributed by atoms with E-state index in [1.807, 2.05) is 0 Å². The van der Waals surface area contributed by atoms with Crippen molar-refractivity contribution in [3.05, 3.63) is 121 Å². The van der Waals surface area contributed by atoms with Crippen LogP contribution in [0, 0.1) is 5.92 Å². The Labute approximate surface area is 183 Å². The van der Waals surface area contributed by atoms with E-state index in [0.717, 1.165) is 0 Å². The van der Waals surface area contributed by atoms with Crippen LogP contribution in [-0.4, -0.2) is 5.40 Å². The van der Waals surface area contributed by atoms with Gasteiger partial charge in [0.15, 0.2) is 0 Å². The average Bonchev–Trinajstić information content (AvgIpc) is 2.81. The maximum atomic E-state index is 2.41. The summed E-state index contributed by atoms with van der Waals surface area (Å²) < 4.78 is 0. The van der Waals surface area contributed by atoms with Crippen LogP contribution < -0.4 is 21.2 Å². The van der Waals surface area contributed by atoms with Crippen LogP contribution in [0.1, 0.15) is 13.8 Å². The highest BCUT2D eigenvalue weighted by molar-refractivity contribution is 7.89. The lowest BCUT2D eigenvalue weighted by molar-refractivity contribution is 0.713. The molecule has 0 aromatic heterocycles. The van der Waals surface area contributed by atoms with Crippen molar-refractivity contribution in [2.24, 2.45) is 5.92 Å². The van der Waals surface area contributed by atoms with E-state index in [9.17, 15) is 0 Å². The molecule has 0 spiro atoms. The topological polar surface area (TPSA) is 0 Å². The van der Waals surface area contributed by atoms with E-state index in [2.05, 4.69) is 135 Å². The van der Waals surface area contributed by atoms with Crippen LogP contribution in [0.25, 0.3) is 0 Å². The summed E-state index contributed by atoms with van der Waals surface area (Å²) in [6.45, 7) is 4.82. The Kier molecular flexibility index (Phi) is 7.11. The third-order valence-corrected chi connectivity index (χ3v) is 12.3. The highest BCUT2D eigenvalue weighted by Crippen LogP contribution is 2.59. The van der Waals surface area contributed by atoms with Gasteiger partial charge in [-0.3, -0.25) is 0 Å². The minimum Gasteiger partial charge on any atom is -0.0622 e. The van der Waals surface area contributed by atoms with Gasteiger partial charge < -0.3 is 0 Å². The molecule has 0 aliphatic heterocycles. The summed E-state index contributed by atoms with van der Waals surface area (Å²) in [5.41, 5.74) is 0. The molecule has 4 rings (SSSR count). The first-order chi connectivity index (χ1) is 14.8. The molecular formula is C28H28P2.